The summed E-state index contributed by atoms with van der Waals surface area (Å²) in [5.41, 5.74) is -0.309. The molecule has 8 rings (SSSR count). The Labute approximate surface area is 428 Å². The maximum atomic E-state index is 15.2. The molecule has 0 spiro atoms. The van der Waals surface area contributed by atoms with Crippen LogP contribution < -0.4 is 20.4 Å². The van der Waals surface area contributed by atoms with Crippen LogP contribution in [0, 0.1) is 6.92 Å². The second-order valence-electron chi connectivity index (χ2n) is 18.8. The quantitative estimate of drug-likeness (QED) is 0.0592. The number of alkyl halides is 3. The van der Waals surface area contributed by atoms with Crippen molar-refractivity contribution in [1.29, 1.82) is 0 Å². The Morgan fingerprint density at radius 3 is 2.12 bits per heavy atom. The molecule has 72 heavy (non-hydrogen) atoms. The van der Waals surface area contributed by atoms with Crippen LogP contribution in [0.3, 0.4) is 0 Å². The number of halogens is 4. The highest BCUT2D eigenvalue weighted by Crippen LogP contribution is 2.66. The molecule has 0 bridgehead atoms. The molecule has 2 saturated heterocycles. The van der Waals surface area contributed by atoms with E-state index in [1.54, 1.807) is 12.1 Å². The Morgan fingerprint density at radius 2 is 1.51 bits per heavy atom. The number of aromatic nitrogens is 1. The molecule has 6 aromatic rings. The van der Waals surface area contributed by atoms with Gasteiger partial charge < -0.3 is 34.9 Å². The fourth-order valence-corrected chi connectivity index (χ4v) is 15.1. The van der Waals surface area contributed by atoms with E-state index >= 15 is 4.57 Å². The van der Waals surface area contributed by atoms with Crippen molar-refractivity contribution in [2.45, 2.75) is 66.7 Å². The molecule has 2 aliphatic heterocycles. The van der Waals surface area contributed by atoms with Gasteiger partial charge in [-0.25, -0.2) is 13.2 Å². The zero-order valence-corrected chi connectivity index (χ0v) is 44.0. The second kappa shape index (κ2) is 21.7. The van der Waals surface area contributed by atoms with Gasteiger partial charge in [0, 0.05) is 88.4 Å². The van der Waals surface area contributed by atoms with Crippen LogP contribution in [0.25, 0.3) is 22.4 Å². The number of carbonyl (C=O) groups is 1. The first-order valence-corrected chi connectivity index (χ1v) is 28.3. The number of rotatable bonds is 17. The lowest BCUT2D eigenvalue weighted by molar-refractivity contribution is -0.0435. The zero-order chi connectivity index (χ0) is 51.7. The number of nitrogens with one attached hydrogen (secondary N) is 1. The van der Waals surface area contributed by atoms with Gasteiger partial charge in [0.2, 0.25) is 7.29 Å². The molecule has 2 fully saturated rings. The van der Waals surface area contributed by atoms with Crippen molar-refractivity contribution in [3.8, 4) is 22.4 Å². The molecule has 3 atom stereocenters. The number of piperazine rings is 1. The van der Waals surface area contributed by atoms with Crippen LogP contribution in [0.4, 0.5) is 30.2 Å². The fraction of sp³-hybridized carbons (Fsp3) is 0.340. The number of carboxylic acids is 1. The van der Waals surface area contributed by atoms with Crippen LogP contribution in [-0.4, -0.2) is 110 Å². The second-order valence-corrected chi connectivity index (χ2v) is 25.1. The highest BCUT2D eigenvalue weighted by atomic mass is 35.5. The normalized spacial score (nSPS) is 18.3. The molecule has 3 heterocycles. The molecule has 0 amide bonds. The number of hydroxylamine groups is 1. The third-order valence-electron chi connectivity index (χ3n) is 13.5. The molecule has 0 saturated carbocycles. The van der Waals surface area contributed by atoms with Gasteiger partial charge in [-0.1, -0.05) is 66.2 Å². The molecule has 3 N–H and O–H groups in total. The van der Waals surface area contributed by atoms with Crippen molar-refractivity contribution in [1.82, 2.24) is 14.3 Å². The molecule has 0 aliphatic carbocycles. The summed E-state index contributed by atoms with van der Waals surface area (Å²) < 4.78 is 87.2. The van der Waals surface area contributed by atoms with Crippen LogP contribution in [0.2, 0.25) is 5.02 Å². The lowest BCUT2D eigenvalue weighted by atomic mass is 9.96. The number of nitrogens with zero attached hydrogens (tertiary/aromatic N) is 5. The molecule has 5 aromatic carbocycles. The highest BCUT2D eigenvalue weighted by molar-refractivity contribution is 7.99. The zero-order valence-electron chi connectivity index (χ0n) is 40.7. The number of aromatic carboxylic acids is 1. The Morgan fingerprint density at radius 1 is 0.861 bits per heavy atom. The predicted octanol–water partition coefficient (Wildman–Crippen LogP) is 11.9. The molecule has 382 valence electrons. The largest absolute Gasteiger partial charge is 0.501 e. The van der Waals surface area contributed by atoms with Gasteiger partial charge in [-0.15, -0.1) is 16.6 Å². The van der Waals surface area contributed by atoms with Crippen molar-refractivity contribution in [3.63, 3.8) is 0 Å². The first-order valence-electron chi connectivity index (χ1n) is 23.7. The van der Waals surface area contributed by atoms with E-state index in [4.69, 9.17) is 11.6 Å². The summed E-state index contributed by atoms with van der Waals surface area (Å²) in [4.78, 5) is 19.9. The average molecular weight is 1060 g/mol. The van der Waals surface area contributed by atoms with Gasteiger partial charge >= 0.3 is 11.5 Å². The van der Waals surface area contributed by atoms with E-state index in [9.17, 15) is 36.7 Å². The number of carboxylic acid groups (broad SMARTS) is 1. The van der Waals surface area contributed by atoms with E-state index in [0.717, 1.165) is 39.2 Å². The number of sulfone groups is 1. The van der Waals surface area contributed by atoms with Gasteiger partial charge in [0.05, 0.1) is 22.6 Å². The summed E-state index contributed by atoms with van der Waals surface area (Å²) in [6.45, 7) is 9.04. The van der Waals surface area contributed by atoms with Crippen molar-refractivity contribution in [2.75, 3.05) is 74.2 Å². The lowest BCUT2D eigenvalue weighted by Gasteiger charge is -2.37. The summed E-state index contributed by atoms with van der Waals surface area (Å²) in [6, 6.07) is 35.3. The van der Waals surface area contributed by atoms with Crippen molar-refractivity contribution in [2.24, 2.45) is 0 Å². The van der Waals surface area contributed by atoms with Crippen LogP contribution in [0.5, 0.6) is 0 Å². The number of benzene rings is 5. The molecular formula is C53H59ClF3N6O6PS2. The van der Waals surface area contributed by atoms with E-state index in [1.807, 2.05) is 131 Å². The third-order valence-corrected chi connectivity index (χ3v) is 19.8. The van der Waals surface area contributed by atoms with E-state index in [0.29, 0.717) is 71.6 Å². The summed E-state index contributed by atoms with van der Waals surface area (Å²) in [5.74, 6) is -0.582. The average Bonchev–Trinajstić information content (AvgIpc) is 3.85. The lowest BCUT2D eigenvalue weighted by Crippen LogP contribution is -2.46. The smallest absolute Gasteiger partial charge is 0.478 e. The van der Waals surface area contributed by atoms with Gasteiger partial charge in [0.1, 0.15) is 4.90 Å². The molecule has 1 unspecified atom stereocenters. The van der Waals surface area contributed by atoms with Gasteiger partial charge in [0.15, 0.2) is 0 Å². The summed E-state index contributed by atoms with van der Waals surface area (Å²) in [5, 5.41) is 25.3. The Kier molecular flexibility index (Phi) is 16.0. The number of hydrogen-bond acceptors (Lipinski definition) is 10. The van der Waals surface area contributed by atoms with E-state index < -0.39 is 45.2 Å². The van der Waals surface area contributed by atoms with E-state index in [1.165, 1.54) is 23.9 Å². The molecular weight excluding hydrogens is 1000 g/mol. The maximum absolute atomic E-state index is 15.2. The maximum Gasteiger partial charge on any atom is 0.501 e. The van der Waals surface area contributed by atoms with Gasteiger partial charge in [-0.3, -0.25) is 4.57 Å². The first kappa shape index (κ1) is 53.0. The van der Waals surface area contributed by atoms with Crippen LogP contribution >= 0.6 is 30.7 Å². The molecule has 2 aliphatic rings. The first-order chi connectivity index (χ1) is 34.2. The summed E-state index contributed by atoms with van der Waals surface area (Å²) in [7, 11) is -6.32. The predicted molar refractivity (Wildman–Crippen MR) is 284 cm³/mol. The van der Waals surface area contributed by atoms with Crippen LogP contribution in [-0.2, 0) is 14.4 Å². The number of anilines is 3. The van der Waals surface area contributed by atoms with Gasteiger partial charge in [-0.05, 0) is 138 Å². The topological polar surface area (TPSA) is 139 Å². The Bertz CT molecular complexity index is 3060. The SMILES string of the molecule is Cc1c(C(=O)O)c(-c2cccc(N3CCN(c4ccc([C@H]5CCN(O)P5(=O)c5ccc(N[C@H](CCN(C)C)CSc6ccccc6)c(S(=O)(=O)C(F)(F)F)c5)cc4)CC3)c2)c(-c2ccc(Cl)cc2)n1C(C)C. The third kappa shape index (κ3) is 10.8. The summed E-state index contributed by atoms with van der Waals surface area (Å²) in [6.07, 6.45) is 0.704. The Balaban J connectivity index is 1.02. The van der Waals surface area contributed by atoms with Crippen LogP contribution in [0.1, 0.15) is 60.0 Å². The standard InChI is InChI=1S/C53H59ClF3N6O6PS2/c1-35(2)63-36(3)49(52(64)65)50(51(63)38-14-18-40(54)19-15-38)39-10-9-11-43(32-39)61-30-28-60(29-31-61)42-20-16-37(17-21-42)47-25-27-62(66)70(47,67)44-22-23-46(48(33-44)72(68,69)53(55,56)57)58-41(24-26-59(4)5)34-71-45-12-7-6-8-13-45/h6-23,32-33,35,41,47,58,66H,24-31,34H2,1-5H3,(H,64,65)/t41-,47-,70?/m1/s1. The van der Waals surface area contributed by atoms with Crippen molar-refractivity contribution >= 4 is 68.8 Å². The minimum Gasteiger partial charge on any atom is -0.478 e. The van der Waals surface area contributed by atoms with Crippen molar-refractivity contribution in [3.05, 3.63) is 143 Å². The van der Waals surface area contributed by atoms with E-state index in [2.05, 4.69) is 19.7 Å². The number of hydrogen-bond donors (Lipinski definition) is 3. The number of thioether (sulfide) groups is 1. The monoisotopic (exact) mass is 1060 g/mol. The van der Waals surface area contributed by atoms with E-state index in [-0.39, 0.29) is 35.6 Å². The highest BCUT2D eigenvalue weighted by Gasteiger charge is 2.51. The molecule has 1 aromatic heterocycles. The molecule has 0 radical (unpaired) electrons. The minimum atomic E-state index is -5.94. The van der Waals surface area contributed by atoms with Crippen LogP contribution in [0.15, 0.2) is 131 Å². The summed E-state index contributed by atoms with van der Waals surface area (Å²) >= 11 is 7.76. The fourth-order valence-electron chi connectivity index (χ4n) is 9.90. The molecule has 12 nitrogen and oxygen atoms in total. The van der Waals surface area contributed by atoms with Crippen molar-refractivity contribution < 1.29 is 41.3 Å². The Hall–Kier alpha value is -5.26. The minimum absolute atomic E-state index is 0.0204. The molecule has 19 heteroatoms. The van der Waals surface area contributed by atoms with Gasteiger partial charge in [-0.2, -0.15) is 13.2 Å². The van der Waals surface area contributed by atoms with Gasteiger partial charge in [0.25, 0.3) is 9.84 Å².